The summed E-state index contributed by atoms with van der Waals surface area (Å²) < 4.78 is 107. The number of halogens is 8. The van der Waals surface area contributed by atoms with Gasteiger partial charge in [0.05, 0.1) is 0 Å². The molecule has 0 radical (unpaired) electrons. The Bertz CT molecular complexity index is 1160. The Balaban J connectivity index is 0. The molecular weight excluding hydrogens is 763 g/mol. The number of para-hydroxylation sites is 4. The third kappa shape index (κ3) is 18.9. The van der Waals surface area contributed by atoms with Crippen LogP contribution in [0.4, 0.5) is 35.1 Å². The molecule has 6 nitrogen and oxygen atoms in total. The van der Waals surface area contributed by atoms with Gasteiger partial charge in [0.25, 0.3) is 0 Å². The van der Waals surface area contributed by atoms with Crippen LogP contribution in [0.25, 0.3) is 0 Å². The SMILES string of the molecule is C1CCOC1.C1CCOC1.Oc1c(F)cccc1F.Oc1c(F)cccc1F.Oc1c(F)cccc1F.Oc1c(F)cccc1F.[Zn].[Zn]. The summed E-state index contributed by atoms with van der Waals surface area (Å²) in [6.45, 7) is 4.00. The molecule has 0 aliphatic carbocycles. The molecule has 2 fully saturated rings. The fourth-order valence-electron chi connectivity index (χ4n) is 2.98. The molecule has 0 unspecified atom stereocenters. The molecule has 2 saturated heterocycles. The van der Waals surface area contributed by atoms with Gasteiger partial charge < -0.3 is 29.9 Å². The van der Waals surface area contributed by atoms with Crippen LogP contribution in [-0.2, 0) is 48.4 Å². The van der Waals surface area contributed by atoms with E-state index in [1.807, 2.05) is 0 Å². The Morgan fingerprint density at radius 1 is 0.333 bits per heavy atom. The van der Waals surface area contributed by atoms with Crippen LogP contribution in [0.15, 0.2) is 72.8 Å². The van der Waals surface area contributed by atoms with Crippen LogP contribution in [0.3, 0.4) is 0 Å². The van der Waals surface area contributed by atoms with E-state index in [1.165, 1.54) is 49.9 Å². The largest absolute Gasteiger partial charge is 0.503 e. The molecule has 4 aromatic carbocycles. The number of rotatable bonds is 0. The molecule has 2 aliphatic heterocycles. The van der Waals surface area contributed by atoms with Crippen LogP contribution in [-0.4, -0.2) is 46.9 Å². The van der Waals surface area contributed by atoms with Crippen LogP contribution in [0.2, 0.25) is 0 Å². The van der Waals surface area contributed by atoms with Gasteiger partial charge in [-0.05, 0) is 74.2 Å². The molecule has 2 aliphatic rings. The fraction of sp³-hybridized carbons (Fsp3) is 0.250. The van der Waals surface area contributed by atoms with Gasteiger partial charge in [0.1, 0.15) is 0 Å². The van der Waals surface area contributed by atoms with Crippen molar-refractivity contribution in [3.05, 3.63) is 119 Å². The molecule has 256 valence electrons. The second-order valence-electron chi connectivity index (χ2n) is 8.92. The Morgan fingerprint density at radius 2 is 0.479 bits per heavy atom. The van der Waals surface area contributed by atoms with E-state index in [1.54, 1.807) is 0 Å². The summed E-state index contributed by atoms with van der Waals surface area (Å²) in [4.78, 5) is 0. The van der Waals surface area contributed by atoms with Crippen LogP contribution >= 0.6 is 0 Å². The smallest absolute Gasteiger partial charge is 0.187 e. The third-order valence-electron chi connectivity index (χ3n) is 5.40. The molecule has 6 rings (SSSR count). The van der Waals surface area contributed by atoms with Crippen LogP contribution < -0.4 is 0 Å². The van der Waals surface area contributed by atoms with Gasteiger partial charge in [-0.3, -0.25) is 0 Å². The van der Waals surface area contributed by atoms with Crippen LogP contribution in [0, 0.1) is 46.5 Å². The van der Waals surface area contributed by atoms with Gasteiger partial charge in [0.2, 0.25) is 0 Å². The van der Waals surface area contributed by atoms with Gasteiger partial charge >= 0.3 is 0 Å². The van der Waals surface area contributed by atoms with Gasteiger partial charge in [0, 0.05) is 65.4 Å². The monoisotopic (exact) mass is 792 g/mol. The van der Waals surface area contributed by atoms with Gasteiger partial charge in [-0.2, -0.15) is 0 Å². The second-order valence-corrected chi connectivity index (χ2v) is 8.92. The van der Waals surface area contributed by atoms with Crippen molar-refractivity contribution >= 4 is 0 Å². The Morgan fingerprint density at radius 3 is 0.562 bits per heavy atom. The van der Waals surface area contributed by atoms with Crippen molar-refractivity contribution in [1.29, 1.82) is 0 Å². The van der Waals surface area contributed by atoms with Gasteiger partial charge in [0.15, 0.2) is 69.5 Å². The second kappa shape index (κ2) is 26.6. The molecule has 0 amide bonds. The summed E-state index contributed by atoms with van der Waals surface area (Å²) in [5.74, 6) is -11.2. The first-order chi connectivity index (χ1) is 21.9. The molecule has 0 saturated carbocycles. The summed E-state index contributed by atoms with van der Waals surface area (Å²) >= 11 is 0. The average molecular weight is 795 g/mol. The number of benzene rings is 4. The molecule has 0 aromatic heterocycles. The third-order valence-corrected chi connectivity index (χ3v) is 5.40. The first-order valence-corrected chi connectivity index (χ1v) is 13.5. The van der Waals surface area contributed by atoms with E-state index in [2.05, 4.69) is 0 Å². The molecule has 4 aromatic rings. The zero-order valence-corrected chi connectivity index (χ0v) is 31.6. The predicted octanol–water partition coefficient (Wildman–Crippen LogP) is 8.27. The first kappa shape index (κ1) is 46.8. The Kier molecular flexibility index (Phi) is 26.0. The van der Waals surface area contributed by atoms with E-state index in [-0.39, 0.29) is 39.0 Å². The van der Waals surface area contributed by atoms with Gasteiger partial charge in [-0.1, -0.05) is 24.3 Å². The van der Waals surface area contributed by atoms with E-state index in [0.29, 0.717) is 0 Å². The summed E-state index contributed by atoms with van der Waals surface area (Å²) in [7, 11) is 0. The summed E-state index contributed by atoms with van der Waals surface area (Å²) in [6.07, 6.45) is 5.11. The van der Waals surface area contributed by atoms with Crippen molar-refractivity contribution in [1.82, 2.24) is 0 Å². The fourth-order valence-corrected chi connectivity index (χ4v) is 2.98. The van der Waals surface area contributed by atoms with Crippen molar-refractivity contribution < 1.29 is 104 Å². The van der Waals surface area contributed by atoms with Crippen molar-refractivity contribution in [2.45, 2.75) is 25.7 Å². The number of aromatic hydroxyl groups is 4. The summed E-state index contributed by atoms with van der Waals surface area (Å²) in [5, 5.41) is 33.8. The standard InChI is InChI=1S/4C6H4F2O.2C4H8O.2Zn/c4*7-4-2-1-3-5(8)6(4)9;2*1-2-4-5-3-1;;/h4*1-3,9H;2*1-4H2;;. The zero-order chi connectivity index (χ0) is 34.5. The Hall–Kier alpha value is -3.31. The first-order valence-electron chi connectivity index (χ1n) is 13.5. The normalized spacial score (nSPS) is 12.2. The maximum atomic E-state index is 12.1. The zero-order valence-electron chi connectivity index (χ0n) is 25.6. The molecule has 48 heavy (non-hydrogen) atoms. The maximum Gasteiger partial charge on any atom is 0.187 e. The minimum atomic E-state index is -0.935. The van der Waals surface area contributed by atoms with E-state index in [0.717, 1.165) is 75.0 Å². The number of hydrogen-bond acceptors (Lipinski definition) is 6. The van der Waals surface area contributed by atoms with Crippen molar-refractivity contribution in [3.63, 3.8) is 0 Å². The molecule has 0 spiro atoms. The predicted molar refractivity (Wildman–Crippen MR) is 152 cm³/mol. The molecule has 0 bridgehead atoms. The Labute approximate surface area is 297 Å². The van der Waals surface area contributed by atoms with Crippen molar-refractivity contribution in [2.24, 2.45) is 0 Å². The number of hydrogen-bond donors (Lipinski definition) is 4. The van der Waals surface area contributed by atoms with E-state index < -0.39 is 69.5 Å². The maximum absolute atomic E-state index is 12.1. The molecular formula is C32H32F8O6Zn2. The molecule has 4 N–H and O–H groups in total. The van der Waals surface area contributed by atoms with E-state index >= 15 is 0 Å². The molecule has 0 atom stereocenters. The topological polar surface area (TPSA) is 99.4 Å². The number of ether oxygens (including phenoxy) is 2. The van der Waals surface area contributed by atoms with Crippen LogP contribution in [0.1, 0.15) is 25.7 Å². The average Bonchev–Trinajstić information content (AvgIpc) is 3.81. The molecule has 2 heterocycles. The summed E-state index contributed by atoms with van der Waals surface area (Å²) in [6, 6.07) is 12.6. The quantitative estimate of drug-likeness (QED) is 0.106. The molecule has 16 heteroatoms. The minimum absolute atomic E-state index is 0. The van der Waals surface area contributed by atoms with Gasteiger partial charge in [-0.25, -0.2) is 35.1 Å². The van der Waals surface area contributed by atoms with E-state index in [9.17, 15) is 35.1 Å². The summed E-state index contributed by atoms with van der Waals surface area (Å²) in [5.41, 5.74) is 0. The van der Waals surface area contributed by atoms with E-state index in [4.69, 9.17) is 29.9 Å². The number of phenols is 4. The van der Waals surface area contributed by atoms with Gasteiger partial charge in [-0.15, -0.1) is 0 Å². The van der Waals surface area contributed by atoms with Crippen molar-refractivity contribution in [3.8, 4) is 23.0 Å². The minimum Gasteiger partial charge on any atom is -0.503 e. The van der Waals surface area contributed by atoms with Crippen molar-refractivity contribution in [2.75, 3.05) is 26.4 Å². The van der Waals surface area contributed by atoms with Crippen LogP contribution in [0.5, 0.6) is 23.0 Å². The number of phenolic OH excluding ortho intramolecular Hbond substituents is 4.